The number of carbonyl (C=O) groups is 1. The molecule has 0 radical (unpaired) electrons. The van der Waals surface area contributed by atoms with E-state index in [1.807, 2.05) is 11.9 Å². The molecule has 0 N–H and O–H groups in total. The van der Waals surface area contributed by atoms with Gasteiger partial charge in [-0.1, -0.05) is 0 Å². The molecule has 78 valence electrons. The van der Waals surface area contributed by atoms with Crippen molar-refractivity contribution in [2.24, 2.45) is 17.8 Å². The number of hydrogen-bond acceptors (Lipinski definition) is 2. The zero-order valence-electron chi connectivity index (χ0n) is 8.77. The van der Waals surface area contributed by atoms with Crippen molar-refractivity contribution in [1.82, 2.24) is 4.90 Å². The molecule has 5 atom stereocenters. The van der Waals surface area contributed by atoms with Gasteiger partial charge >= 0.3 is 0 Å². The summed E-state index contributed by atoms with van der Waals surface area (Å²) in [6.07, 6.45) is 3.81. The molecule has 1 saturated heterocycles. The van der Waals surface area contributed by atoms with Gasteiger partial charge in [0.25, 0.3) is 0 Å². The first-order valence-corrected chi connectivity index (χ1v) is 5.54. The second-order valence-electron chi connectivity index (χ2n) is 5.12. The van der Waals surface area contributed by atoms with E-state index in [4.69, 9.17) is 4.74 Å². The van der Waals surface area contributed by atoms with Crippen molar-refractivity contribution in [1.29, 1.82) is 0 Å². The van der Waals surface area contributed by atoms with Crippen molar-refractivity contribution < 1.29 is 9.53 Å². The summed E-state index contributed by atoms with van der Waals surface area (Å²) in [4.78, 5) is 13.0. The van der Waals surface area contributed by atoms with Crippen LogP contribution in [0.25, 0.3) is 0 Å². The van der Waals surface area contributed by atoms with Gasteiger partial charge in [0, 0.05) is 20.5 Å². The van der Waals surface area contributed by atoms with Crippen LogP contribution in [0.3, 0.4) is 0 Å². The van der Waals surface area contributed by atoms with E-state index < -0.39 is 0 Å². The van der Waals surface area contributed by atoms with Crippen LogP contribution in [0.15, 0.2) is 0 Å². The standard InChI is InChI=1S/C11H17NO2/c1-6(13)12(2)5-8-3-7-4-9(8)11-10(7)14-11/h7-11H,3-5H2,1-2H3. The lowest BCUT2D eigenvalue weighted by molar-refractivity contribution is -0.128. The molecule has 3 fully saturated rings. The van der Waals surface area contributed by atoms with E-state index in [9.17, 15) is 4.79 Å². The summed E-state index contributed by atoms with van der Waals surface area (Å²) in [7, 11) is 1.90. The summed E-state index contributed by atoms with van der Waals surface area (Å²) in [5.74, 6) is 2.46. The van der Waals surface area contributed by atoms with Gasteiger partial charge in [0.05, 0.1) is 12.2 Å². The Kier molecular flexibility index (Phi) is 1.69. The average Bonchev–Trinajstić information content (AvgIpc) is 2.75. The molecule has 3 rings (SSSR count). The Morgan fingerprint density at radius 1 is 1.43 bits per heavy atom. The SMILES string of the molecule is CC(=O)N(C)CC1CC2CC1C1OC21. The van der Waals surface area contributed by atoms with Gasteiger partial charge in [-0.2, -0.15) is 0 Å². The lowest BCUT2D eigenvalue weighted by Crippen LogP contribution is -2.33. The van der Waals surface area contributed by atoms with Crippen LogP contribution in [0, 0.1) is 17.8 Å². The van der Waals surface area contributed by atoms with Gasteiger partial charge in [-0.05, 0) is 30.6 Å². The second kappa shape index (κ2) is 2.72. The quantitative estimate of drug-likeness (QED) is 0.613. The van der Waals surface area contributed by atoms with E-state index in [1.54, 1.807) is 6.92 Å². The van der Waals surface area contributed by atoms with Crippen molar-refractivity contribution in [2.75, 3.05) is 13.6 Å². The highest BCUT2D eigenvalue weighted by atomic mass is 16.6. The maximum absolute atomic E-state index is 11.1. The molecule has 0 spiro atoms. The number of fused-ring (bicyclic) bond motifs is 5. The molecular weight excluding hydrogens is 178 g/mol. The highest BCUT2D eigenvalue weighted by Gasteiger charge is 2.63. The first-order valence-electron chi connectivity index (χ1n) is 5.54. The number of ether oxygens (including phenoxy) is 1. The zero-order chi connectivity index (χ0) is 9.87. The number of carbonyl (C=O) groups excluding carboxylic acids is 1. The Labute approximate surface area is 84.4 Å². The van der Waals surface area contributed by atoms with Crippen LogP contribution in [0.1, 0.15) is 19.8 Å². The molecule has 1 amide bonds. The summed E-state index contributed by atoms with van der Waals surface area (Å²) < 4.78 is 5.61. The molecule has 2 bridgehead atoms. The summed E-state index contributed by atoms with van der Waals surface area (Å²) in [6, 6.07) is 0. The summed E-state index contributed by atoms with van der Waals surface area (Å²) in [5, 5.41) is 0. The van der Waals surface area contributed by atoms with Crippen LogP contribution in [0.5, 0.6) is 0 Å². The molecule has 14 heavy (non-hydrogen) atoms. The van der Waals surface area contributed by atoms with Gasteiger partial charge in [-0.15, -0.1) is 0 Å². The fourth-order valence-electron chi connectivity index (χ4n) is 3.42. The molecule has 1 heterocycles. The molecule has 2 saturated carbocycles. The van der Waals surface area contributed by atoms with Crippen molar-refractivity contribution in [2.45, 2.75) is 32.0 Å². The van der Waals surface area contributed by atoms with Crippen molar-refractivity contribution in [3.8, 4) is 0 Å². The lowest BCUT2D eigenvalue weighted by atomic mass is 9.88. The van der Waals surface area contributed by atoms with E-state index in [0.717, 1.165) is 18.4 Å². The fraction of sp³-hybridized carbons (Fsp3) is 0.909. The molecule has 3 heteroatoms. The minimum atomic E-state index is 0.182. The monoisotopic (exact) mass is 195 g/mol. The van der Waals surface area contributed by atoms with Crippen molar-refractivity contribution in [3.63, 3.8) is 0 Å². The predicted molar refractivity (Wildman–Crippen MR) is 51.7 cm³/mol. The third kappa shape index (κ3) is 1.11. The summed E-state index contributed by atoms with van der Waals surface area (Å²) in [5.41, 5.74) is 0. The Hall–Kier alpha value is -0.570. The number of epoxide rings is 1. The molecule has 5 unspecified atom stereocenters. The Bertz CT molecular complexity index is 278. The number of nitrogens with zero attached hydrogens (tertiary/aromatic N) is 1. The first-order chi connectivity index (χ1) is 6.66. The lowest BCUT2D eigenvalue weighted by Gasteiger charge is -2.24. The normalized spacial score (nSPS) is 47.7. The van der Waals surface area contributed by atoms with Gasteiger partial charge in [0.2, 0.25) is 5.91 Å². The molecule has 0 aromatic carbocycles. The molecule has 0 aromatic rings. The van der Waals surface area contributed by atoms with E-state index >= 15 is 0 Å². The largest absolute Gasteiger partial charge is 0.369 e. The van der Waals surface area contributed by atoms with Crippen LogP contribution in [-0.4, -0.2) is 36.6 Å². The maximum Gasteiger partial charge on any atom is 0.219 e. The summed E-state index contributed by atoms with van der Waals surface area (Å²) in [6.45, 7) is 2.58. The molecule has 2 aliphatic carbocycles. The topological polar surface area (TPSA) is 32.8 Å². The average molecular weight is 195 g/mol. The number of rotatable bonds is 2. The maximum atomic E-state index is 11.1. The van der Waals surface area contributed by atoms with Crippen LogP contribution >= 0.6 is 0 Å². The highest BCUT2D eigenvalue weighted by Crippen LogP contribution is 2.58. The van der Waals surface area contributed by atoms with E-state index in [2.05, 4.69) is 0 Å². The van der Waals surface area contributed by atoms with Crippen LogP contribution in [0.4, 0.5) is 0 Å². The Balaban J connectivity index is 1.62. The van der Waals surface area contributed by atoms with Crippen molar-refractivity contribution in [3.05, 3.63) is 0 Å². The minimum Gasteiger partial charge on any atom is -0.369 e. The third-order valence-corrected chi connectivity index (χ3v) is 4.28. The number of amides is 1. The van der Waals surface area contributed by atoms with Crippen molar-refractivity contribution >= 4 is 5.91 Å². The van der Waals surface area contributed by atoms with Crippen LogP contribution in [0.2, 0.25) is 0 Å². The predicted octanol–water partition coefficient (Wildman–Crippen LogP) is 0.888. The van der Waals surface area contributed by atoms with Gasteiger partial charge < -0.3 is 9.64 Å². The third-order valence-electron chi connectivity index (χ3n) is 4.28. The van der Waals surface area contributed by atoms with Gasteiger partial charge in [0.1, 0.15) is 0 Å². The molecule has 0 aromatic heterocycles. The van der Waals surface area contributed by atoms with E-state index in [-0.39, 0.29) is 5.91 Å². The van der Waals surface area contributed by atoms with Gasteiger partial charge in [-0.25, -0.2) is 0 Å². The first kappa shape index (κ1) is 8.72. The number of hydrogen-bond donors (Lipinski definition) is 0. The Morgan fingerprint density at radius 2 is 2.21 bits per heavy atom. The van der Waals surface area contributed by atoms with Crippen LogP contribution in [-0.2, 0) is 9.53 Å². The Morgan fingerprint density at radius 3 is 2.79 bits per heavy atom. The minimum absolute atomic E-state index is 0.182. The van der Waals surface area contributed by atoms with Gasteiger partial charge in [0.15, 0.2) is 0 Å². The molecule has 3 nitrogen and oxygen atoms in total. The highest BCUT2D eigenvalue weighted by molar-refractivity contribution is 5.72. The summed E-state index contributed by atoms with van der Waals surface area (Å²) >= 11 is 0. The van der Waals surface area contributed by atoms with E-state index in [1.165, 1.54) is 12.8 Å². The molecular formula is C11H17NO2. The smallest absolute Gasteiger partial charge is 0.219 e. The molecule has 1 aliphatic heterocycles. The fourth-order valence-corrected chi connectivity index (χ4v) is 3.42. The second-order valence-corrected chi connectivity index (χ2v) is 5.12. The van der Waals surface area contributed by atoms with Gasteiger partial charge in [-0.3, -0.25) is 4.79 Å². The van der Waals surface area contributed by atoms with Crippen LogP contribution < -0.4 is 0 Å². The van der Waals surface area contributed by atoms with E-state index in [0.29, 0.717) is 18.1 Å². The molecule has 3 aliphatic rings. The zero-order valence-corrected chi connectivity index (χ0v) is 8.77.